The van der Waals surface area contributed by atoms with E-state index in [9.17, 15) is 52.6 Å². The number of aliphatic hydroxyl groups excluding tert-OH is 8. The summed E-state index contributed by atoms with van der Waals surface area (Å²) in [4.78, 5) is -0.621. The number of primary sulfonamides is 1. The van der Waals surface area contributed by atoms with Gasteiger partial charge in [-0.1, -0.05) is 11.6 Å². The van der Waals surface area contributed by atoms with Crippen LogP contribution in [0.3, 0.4) is 0 Å². The van der Waals surface area contributed by atoms with Gasteiger partial charge in [-0.25, -0.2) is 22.0 Å². The van der Waals surface area contributed by atoms with Crippen molar-refractivity contribution in [3.63, 3.8) is 0 Å². The minimum absolute atomic E-state index is 0.0143. The van der Waals surface area contributed by atoms with Gasteiger partial charge in [0.25, 0.3) is 0 Å². The van der Waals surface area contributed by atoms with E-state index in [2.05, 4.69) is 10.0 Å². The fourth-order valence-corrected chi connectivity index (χ4v) is 6.27. The molecule has 0 amide bonds. The second-order valence-electron chi connectivity index (χ2n) is 8.85. The maximum atomic E-state index is 11.6. The summed E-state index contributed by atoms with van der Waals surface area (Å²) in [6, 6.07) is 2.15. The first-order valence-corrected chi connectivity index (χ1v) is 14.8. The number of nitrogens with one attached hydrogen (secondary N) is 2. The van der Waals surface area contributed by atoms with Crippen molar-refractivity contribution in [2.45, 2.75) is 71.2 Å². The maximum absolute atomic E-state index is 11.6. The zero-order valence-corrected chi connectivity index (χ0v) is 22.6. The summed E-state index contributed by atoms with van der Waals surface area (Å²) in [5, 5.41) is 84.0. The van der Waals surface area contributed by atoms with Gasteiger partial charge in [-0.3, -0.25) is 0 Å². The highest BCUT2D eigenvalue weighted by Gasteiger charge is 2.50. The molecule has 1 aromatic carbocycles. The zero-order valence-electron chi connectivity index (χ0n) is 20.3. The van der Waals surface area contributed by atoms with Crippen molar-refractivity contribution < 1.29 is 71.9 Å². The fourth-order valence-electron chi connectivity index (χ4n) is 3.99. The van der Waals surface area contributed by atoms with E-state index in [0.29, 0.717) is 0 Å². The van der Waals surface area contributed by atoms with Crippen LogP contribution in [-0.2, 0) is 34.3 Å². The van der Waals surface area contributed by atoms with Crippen molar-refractivity contribution >= 4 is 37.3 Å². The zero-order chi connectivity index (χ0) is 30.2. The minimum atomic E-state index is -4.07. The molecule has 0 saturated carbocycles. The van der Waals surface area contributed by atoms with Gasteiger partial charge in [-0.15, -0.1) is 0 Å². The van der Waals surface area contributed by atoms with Crippen molar-refractivity contribution in [1.29, 1.82) is 0 Å². The smallest absolute Gasteiger partial charge is 0.244 e. The molecule has 40 heavy (non-hydrogen) atoms. The van der Waals surface area contributed by atoms with Gasteiger partial charge in [0.2, 0.25) is 20.0 Å². The Kier molecular flexibility index (Phi) is 10.7. The number of anilines is 1. The Hall–Kier alpha value is -1.31. The number of sulfonamides is 2. The summed E-state index contributed by atoms with van der Waals surface area (Å²) in [6.07, 6.45) is -15.6. The monoisotopic (exact) mass is 639 g/mol. The van der Waals surface area contributed by atoms with Gasteiger partial charge in [-0.2, -0.15) is 4.72 Å². The molecule has 3 aliphatic heterocycles. The molecule has 2 fully saturated rings. The van der Waals surface area contributed by atoms with Crippen LogP contribution in [0.5, 0.6) is 0 Å². The number of nitrogens with two attached hydrogens (primary N) is 1. The molecule has 0 aromatic heterocycles. The predicted octanol–water partition coefficient (Wildman–Crippen LogP) is -5.75. The standard InChI is InChI=1S/C12H22O11.C7H8ClN3O4S2/c13-1-3-5(15)6(16)9(19)12(22-3)23-10-4(2-14)21-11(20)8(18)7(10)17;8-4-1-5-7(2-6(4)16(9,12)13)17(14,15)11-3-10-5/h3-20H,1-2H2;1-2,10-11H,3H2,(H2,9,12,13)/t3-,4-,5+,6+,7-,8-,9-,10-,11-,12+;/m1./s1. The molecular weight excluding hydrogens is 610 g/mol. The summed E-state index contributed by atoms with van der Waals surface area (Å²) in [5.74, 6) is 0. The average molecular weight is 640 g/mol. The van der Waals surface area contributed by atoms with Crippen LogP contribution in [0.25, 0.3) is 0 Å². The SMILES string of the molecule is NS(=O)(=O)c1cc2c(cc1Cl)NCNS2(=O)=O.OC[C@H]1O[C@@H](O[C@H]2[C@H](O)[C@@H](O)[C@H](O)O[C@@H]2CO)[C@H](O)[C@@H](O)[C@H]1O. The molecule has 0 radical (unpaired) electrons. The number of hydrogen-bond donors (Lipinski definition) is 11. The van der Waals surface area contributed by atoms with Crippen LogP contribution in [0, 0.1) is 0 Å². The molecule has 0 unspecified atom stereocenters. The van der Waals surface area contributed by atoms with Crippen LogP contribution in [0.2, 0.25) is 5.02 Å². The topological polar surface area (TPSA) is 308 Å². The maximum Gasteiger partial charge on any atom is 0.244 e. The number of benzene rings is 1. The molecule has 1 aromatic rings. The van der Waals surface area contributed by atoms with Crippen LogP contribution >= 0.6 is 11.6 Å². The van der Waals surface area contributed by atoms with Crippen LogP contribution in [0.1, 0.15) is 0 Å². The third kappa shape index (κ3) is 7.00. The lowest BCUT2D eigenvalue weighted by Gasteiger charge is -2.45. The Morgan fingerprint density at radius 3 is 2.15 bits per heavy atom. The Balaban J connectivity index is 0.000000230. The highest BCUT2D eigenvalue weighted by atomic mass is 35.5. The normalized spacial score (nSPS) is 37.5. The van der Waals surface area contributed by atoms with E-state index in [1.54, 1.807) is 0 Å². The molecule has 3 aliphatic rings. The van der Waals surface area contributed by atoms with Crippen molar-refractivity contribution in [3.05, 3.63) is 17.2 Å². The summed E-state index contributed by atoms with van der Waals surface area (Å²) >= 11 is 5.72. The molecule has 0 bridgehead atoms. The van der Waals surface area contributed by atoms with Gasteiger partial charge in [0.15, 0.2) is 12.6 Å². The lowest BCUT2D eigenvalue weighted by molar-refractivity contribution is -0.355. The van der Waals surface area contributed by atoms with E-state index >= 15 is 0 Å². The summed E-state index contributed by atoms with van der Waals surface area (Å²) in [5.41, 5.74) is 0.237. The molecule has 4 rings (SSSR count). The van der Waals surface area contributed by atoms with Gasteiger partial charge < -0.3 is 60.4 Å². The summed E-state index contributed by atoms with van der Waals surface area (Å²) in [6.45, 7) is -1.33. The van der Waals surface area contributed by atoms with Crippen molar-refractivity contribution in [3.8, 4) is 0 Å². The first-order chi connectivity index (χ1) is 18.5. The molecule has 0 aliphatic carbocycles. The Morgan fingerprint density at radius 2 is 1.57 bits per heavy atom. The lowest BCUT2D eigenvalue weighted by Crippen LogP contribution is -2.64. The third-order valence-corrected chi connectivity index (χ3v) is 8.97. The Morgan fingerprint density at radius 1 is 0.950 bits per heavy atom. The summed E-state index contributed by atoms with van der Waals surface area (Å²) < 4.78 is 63.1. The highest BCUT2D eigenvalue weighted by molar-refractivity contribution is 7.90. The molecule has 3 heterocycles. The van der Waals surface area contributed by atoms with Crippen LogP contribution in [0.15, 0.2) is 21.9 Å². The predicted molar refractivity (Wildman–Crippen MR) is 130 cm³/mol. The van der Waals surface area contributed by atoms with E-state index in [-0.39, 0.29) is 22.3 Å². The van der Waals surface area contributed by atoms with E-state index in [1.165, 1.54) is 6.07 Å². The van der Waals surface area contributed by atoms with Crippen LogP contribution in [0.4, 0.5) is 5.69 Å². The molecule has 2 saturated heterocycles. The molecule has 12 N–H and O–H groups in total. The Bertz CT molecular complexity index is 1250. The third-order valence-electron chi connectivity index (χ3n) is 6.15. The average Bonchev–Trinajstić information content (AvgIpc) is 2.88. The van der Waals surface area contributed by atoms with Gasteiger partial charge in [0.05, 0.1) is 30.6 Å². The van der Waals surface area contributed by atoms with E-state index in [4.69, 9.17) is 36.1 Å². The largest absolute Gasteiger partial charge is 0.394 e. The van der Waals surface area contributed by atoms with Crippen molar-refractivity contribution in [1.82, 2.24) is 4.72 Å². The number of fused-ring (bicyclic) bond motifs is 1. The van der Waals surface area contributed by atoms with Gasteiger partial charge in [-0.05, 0) is 12.1 Å². The minimum Gasteiger partial charge on any atom is -0.394 e. The number of hydrogen-bond acceptors (Lipinski definition) is 16. The highest BCUT2D eigenvalue weighted by Crippen LogP contribution is 2.32. The molecule has 230 valence electrons. The second-order valence-corrected chi connectivity index (χ2v) is 12.5. The lowest BCUT2D eigenvalue weighted by atomic mass is 9.97. The first kappa shape index (κ1) is 33.2. The number of rotatable bonds is 5. The molecule has 18 nitrogen and oxygen atoms in total. The van der Waals surface area contributed by atoms with Crippen molar-refractivity contribution in [2.75, 3.05) is 25.2 Å². The van der Waals surface area contributed by atoms with E-state index < -0.39 is 99.6 Å². The Labute approximate surface area is 232 Å². The fraction of sp³-hybridized carbons (Fsp3) is 0.684. The van der Waals surface area contributed by atoms with Crippen LogP contribution in [-0.4, -0.2) is 139 Å². The van der Waals surface area contributed by atoms with Gasteiger partial charge in [0.1, 0.15) is 58.6 Å². The number of ether oxygens (including phenoxy) is 3. The van der Waals surface area contributed by atoms with Gasteiger partial charge >= 0.3 is 0 Å². The summed E-state index contributed by atoms with van der Waals surface area (Å²) in [7, 11) is -7.80. The molecule has 0 spiro atoms. The number of halogens is 1. The second kappa shape index (κ2) is 12.9. The van der Waals surface area contributed by atoms with E-state index in [0.717, 1.165) is 6.07 Å². The van der Waals surface area contributed by atoms with Crippen LogP contribution < -0.4 is 15.2 Å². The molecule has 10 atom stereocenters. The van der Waals surface area contributed by atoms with Crippen molar-refractivity contribution in [2.24, 2.45) is 5.14 Å². The quantitative estimate of drug-likeness (QED) is 0.143. The molecular formula is C19H30ClN3O15S2. The van der Waals surface area contributed by atoms with E-state index in [1.807, 2.05) is 0 Å². The molecule has 21 heteroatoms. The number of aliphatic hydroxyl groups is 8. The first-order valence-electron chi connectivity index (χ1n) is 11.4. The van der Waals surface area contributed by atoms with Gasteiger partial charge in [0, 0.05) is 0 Å².